The fraction of sp³-hybridized carbons (Fsp3) is 0.185. The number of aryl methyl sites for hydroxylation is 1. The number of pyridine rings is 1. The Balaban J connectivity index is 1.61. The Kier molecular flexibility index (Phi) is 6.98. The molecule has 0 spiro atoms. The van der Waals surface area contributed by atoms with Crippen molar-refractivity contribution >= 4 is 40.2 Å². The number of aromatic nitrogens is 2. The lowest BCUT2D eigenvalue weighted by atomic mass is 10.0. The first-order valence-electron chi connectivity index (χ1n) is 11.0. The first kappa shape index (κ1) is 24.2. The summed E-state index contributed by atoms with van der Waals surface area (Å²) in [6.07, 6.45) is 0. The molecule has 1 N–H and O–H groups in total. The van der Waals surface area contributed by atoms with Crippen LogP contribution in [0.5, 0.6) is 0 Å². The van der Waals surface area contributed by atoms with Gasteiger partial charge in [0.25, 0.3) is 0 Å². The van der Waals surface area contributed by atoms with E-state index in [1.165, 1.54) is 0 Å². The minimum Gasteiger partial charge on any atom is -0.462 e. The van der Waals surface area contributed by atoms with Crippen LogP contribution in [0.4, 0.5) is 0 Å². The van der Waals surface area contributed by atoms with Gasteiger partial charge in [0.05, 0.1) is 34.6 Å². The molecule has 35 heavy (non-hydrogen) atoms. The van der Waals surface area contributed by atoms with Crippen LogP contribution >= 0.6 is 11.6 Å². The summed E-state index contributed by atoms with van der Waals surface area (Å²) >= 11 is 6.35. The van der Waals surface area contributed by atoms with E-state index in [0.717, 1.165) is 0 Å². The third kappa shape index (κ3) is 4.81. The molecule has 0 aliphatic rings. The molecule has 0 amide bonds. The summed E-state index contributed by atoms with van der Waals surface area (Å²) in [6, 6.07) is 16.0. The lowest BCUT2D eigenvalue weighted by Crippen LogP contribution is -2.16. The Morgan fingerprint density at radius 1 is 0.971 bits per heavy atom. The van der Waals surface area contributed by atoms with E-state index in [9.17, 15) is 14.4 Å². The molecule has 0 saturated heterocycles. The fourth-order valence-electron chi connectivity index (χ4n) is 3.97. The molecule has 0 aliphatic heterocycles. The number of H-pyrrole nitrogens is 1. The van der Waals surface area contributed by atoms with Gasteiger partial charge in [-0.15, -0.1) is 0 Å². The van der Waals surface area contributed by atoms with Crippen molar-refractivity contribution in [3.05, 3.63) is 87.7 Å². The maximum Gasteiger partial charge on any atom is 0.340 e. The Labute approximate surface area is 207 Å². The first-order valence-corrected chi connectivity index (χ1v) is 11.4. The van der Waals surface area contributed by atoms with E-state index in [1.807, 2.05) is 24.3 Å². The number of ketones is 1. The van der Waals surface area contributed by atoms with Crippen molar-refractivity contribution in [1.29, 1.82) is 0 Å². The number of fused-ring (bicyclic) bond motifs is 1. The number of hydrogen-bond donors (Lipinski definition) is 1. The van der Waals surface area contributed by atoms with Crippen LogP contribution in [0, 0.1) is 13.8 Å². The van der Waals surface area contributed by atoms with Gasteiger partial charge in [0.1, 0.15) is 0 Å². The molecule has 0 fully saturated rings. The Hall–Kier alpha value is -3.97. The van der Waals surface area contributed by atoms with E-state index in [2.05, 4.69) is 9.97 Å². The minimum atomic E-state index is -0.670. The van der Waals surface area contributed by atoms with E-state index in [1.54, 1.807) is 51.1 Å². The number of aromatic amines is 1. The number of hydrogen-bond acceptors (Lipinski definition) is 6. The SMILES string of the molecule is CCOC(=O)c1c(C)[nH]c(C(=O)COC(=O)c2cc(-c3ccccc3Cl)nc3ccccc23)c1C. The lowest BCUT2D eigenvalue weighted by Gasteiger charge is -2.11. The largest absolute Gasteiger partial charge is 0.462 e. The number of nitrogens with one attached hydrogen (secondary N) is 1. The molecule has 4 rings (SSSR count). The van der Waals surface area contributed by atoms with Gasteiger partial charge < -0.3 is 14.5 Å². The average molecular weight is 491 g/mol. The predicted molar refractivity (Wildman–Crippen MR) is 133 cm³/mol. The molecule has 4 aromatic rings. The second kappa shape index (κ2) is 10.1. The van der Waals surface area contributed by atoms with Crippen LogP contribution in [0.2, 0.25) is 5.02 Å². The van der Waals surface area contributed by atoms with E-state index < -0.39 is 24.3 Å². The van der Waals surface area contributed by atoms with Crippen molar-refractivity contribution < 1.29 is 23.9 Å². The summed E-state index contributed by atoms with van der Waals surface area (Å²) in [5.74, 6) is -1.64. The van der Waals surface area contributed by atoms with Gasteiger partial charge in [0.2, 0.25) is 5.78 Å². The van der Waals surface area contributed by atoms with E-state index in [-0.39, 0.29) is 17.9 Å². The summed E-state index contributed by atoms with van der Waals surface area (Å²) in [4.78, 5) is 45.7. The van der Waals surface area contributed by atoms with Gasteiger partial charge in [-0.3, -0.25) is 4.79 Å². The second-order valence-electron chi connectivity index (χ2n) is 7.90. The third-order valence-electron chi connectivity index (χ3n) is 5.62. The number of halogens is 1. The Morgan fingerprint density at radius 2 is 1.69 bits per heavy atom. The van der Waals surface area contributed by atoms with E-state index >= 15 is 0 Å². The summed E-state index contributed by atoms with van der Waals surface area (Å²) in [5, 5.41) is 1.09. The van der Waals surface area contributed by atoms with Gasteiger partial charge in [-0.05, 0) is 44.5 Å². The number of carbonyl (C=O) groups is 3. The lowest BCUT2D eigenvalue weighted by molar-refractivity contribution is 0.0474. The van der Waals surface area contributed by atoms with Crippen LogP contribution in [-0.2, 0) is 9.47 Å². The van der Waals surface area contributed by atoms with Gasteiger partial charge in [-0.2, -0.15) is 0 Å². The first-order chi connectivity index (χ1) is 16.8. The van der Waals surface area contributed by atoms with Gasteiger partial charge >= 0.3 is 11.9 Å². The van der Waals surface area contributed by atoms with E-state index in [0.29, 0.717) is 44.0 Å². The molecular formula is C27H23ClN2O5. The number of ether oxygens (including phenoxy) is 2. The molecular weight excluding hydrogens is 468 g/mol. The highest BCUT2D eigenvalue weighted by Gasteiger charge is 2.24. The van der Waals surface area contributed by atoms with Gasteiger partial charge in [0, 0.05) is 21.7 Å². The molecule has 7 nitrogen and oxygen atoms in total. The van der Waals surface area contributed by atoms with Crippen molar-refractivity contribution in [2.75, 3.05) is 13.2 Å². The number of esters is 2. The summed E-state index contributed by atoms with van der Waals surface area (Å²) in [5.41, 5.74) is 3.54. The van der Waals surface area contributed by atoms with Crippen LogP contribution in [0.15, 0.2) is 54.6 Å². The van der Waals surface area contributed by atoms with Crippen molar-refractivity contribution in [3.63, 3.8) is 0 Å². The molecule has 0 saturated carbocycles. The van der Waals surface area contributed by atoms with Crippen molar-refractivity contribution in [2.45, 2.75) is 20.8 Å². The van der Waals surface area contributed by atoms with Crippen molar-refractivity contribution in [2.24, 2.45) is 0 Å². The average Bonchev–Trinajstić information content (AvgIpc) is 3.15. The maximum absolute atomic E-state index is 13.1. The van der Waals surface area contributed by atoms with Crippen LogP contribution in [0.3, 0.4) is 0 Å². The van der Waals surface area contributed by atoms with Crippen LogP contribution in [0.25, 0.3) is 22.2 Å². The number of rotatable bonds is 7. The smallest absolute Gasteiger partial charge is 0.340 e. The molecule has 0 bridgehead atoms. The number of carbonyl (C=O) groups excluding carboxylic acids is 3. The molecule has 2 aromatic heterocycles. The highest BCUT2D eigenvalue weighted by Crippen LogP contribution is 2.30. The zero-order valence-corrected chi connectivity index (χ0v) is 20.2. The number of Topliss-reactive ketones (excluding diaryl/α,β-unsaturated/α-hetero) is 1. The minimum absolute atomic E-state index is 0.203. The Morgan fingerprint density at radius 3 is 2.43 bits per heavy atom. The second-order valence-corrected chi connectivity index (χ2v) is 8.30. The monoisotopic (exact) mass is 490 g/mol. The predicted octanol–water partition coefficient (Wildman–Crippen LogP) is 5.72. The topological polar surface area (TPSA) is 98.4 Å². The molecule has 0 aliphatic carbocycles. The highest BCUT2D eigenvalue weighted by molar-refractivity contribution is 6.33. The maximum atomic E-state index is 13.1. The van der Waals surface area contributed by atoms with Gasteiger partial charge in [-0.25, -0.2) is 14.6 Å². The molecule has 0 atom stereocenters. The van der Waals surface area contributed by atoms with Crippen LogP contribution in [0.1, 0.15) is 49.4 Å². The van der Waals surface area contributed by atoms with Crippen molar-refractivity contribution in [3.8, 4) is 11.3 Å². The van der Waals surface area contributed by atoms with Gasteiger partial charge in [-0.1, -0.05) is 48.0 Å². The third-order valence-corrected chi connectivity index (χ3v) is 5.95. The Bertz CT molecular complexity index is 1460. The molecule has 2 aromatic carbocycles. The van der Waals surface area contributed by atoms with Crippen LogP contribution in [-0.4, -0.2) is 40.9 Å². The molecule has 0 radical (unpaired) electrons. The normalized spacial score (nSPS) is 10.9. The zero-order valence-electron chi connectivity index (χ0n) is 19.5. The molecule has 2 heterocycles. The summed E-state index contributed by atoms with van der Waals surface area (Å²) in [6.45, 7) is 4.76. The highest BCUT2D eigenvalue weighted by atomic mass is 35.5. The summed E-state index contributed by atoms with van der Waals surface area (Å²) < 4.78 is 10.5. The number of benzene rings is 2. The van der Waals surface area contributed by atoms with E-state index in [4.69, 9.17) is 21.1 Å². The quantitative estimate of drug-likeness (QED) is 0.263. The molecule has 0 unspecified atom stereocenters. The number of para-hydroxylation sites is 1. The fourth-order valence-corrected chi connectivity index (χ4v) is 4.20. The zero-order chi connectivity index (χ0) is 25.1. The molecule has 178 valence electrons. The van der Waals surface area contributed by atoms with Gasteiger partial charge in [0.15, 0.2) is 6.61 Å². The number of nitrogens with zero attached hydrogens (tertiary/aromatic N) is 1. The standard InChI is InChI=1S/C27H23ClN2O5/c1-4-34-27(33)24-15(2)25(29-16(24)3)23(31)14-35-26(32)19-13-22(18-10-5-7-11-20(18)28)30-21-12-8-6-9-17(19)21/h5-13,29H,4,14H2,1-3H3. The summed E-state index contributed by atoms with van der Waals surface area (Å²) in [7, 11) is 0. The molecule has 8 heteroatoms. The van der Waals surface area contributed by atoms with Crippen molar-refractivity contribution in [1.82, 2.24) is 9.97 Å². The van der Waals surface area contributed by atoms with Crippen LogP contribution < -0.4 is 0 Å².